The number of carbonyl (C=O) groups excluding carboxylic acids is 1. The van der Waals surface area contributed by atoms with Gasteiger partial charge in [0.15, 0.2) is 6.19 Å². The lowest BCUT2D eigenvalue weighted by Crippen LogP contribution is -2.36. The Hall–Kier alpha value is -2.33. The third-order valence-corrected chi connectivity index (χ3v) is 7.80. The molecule has 1 aliphatic rings. The van der Waals surface area contributed by atoms with E-state index in [9.17, 15) is 18.5 Å². The van der Waals surface area contributed by atoms with E-state index in [1.54, 1.807) is 43.5 Å². The van der Waals surface area contributed by atoms with Crippen LogP contribution in [0.15, 0.2) is 56.3 Å². The summed E-state index contributed by atoms with van der Waals surface area (Å²) < 4.78 is 39.6. The minimum atomic E-state index is -3.82. The lowest BCUT2D eigenvalue weighted by Gasteiger charge is -2.17. The van der Waals surface area contributed by atoms with Gasteiger partial charge in [0.2, 0.25) is 10.0 Å². The smallest absolute Gasteiger partial charge is 0.411 e. The van der Waals surface area contributed by atoms with E-state index in [4.69, 9.17) is 9.47 Å². The molecule has 9 nitrogen and oxygen atoms in total. The fraction of sp³-hybridized carbons (Fsp3) is 0.300. The summed E-state index contributed by atoms with van der Waals surface area (Å²) >= 11 is 6.53. The predicted molar refractivity (Wildman–Crippen MR) is 125 cm³/mol. The molecular formula is C20H20Br2N4O5S. The summed E-state index contributed by atoms with van der Waals surface area (Å²) in [5, 5.41) is 12.0. The van der Waals surface area contributed by atoms with Crippen LogP contribution in [0.3, 0.4) is 0 Å². The highest BCUT2D eigenvalue weighted by Gasteiger charge is 2.35. The second kappa shape index (κ2) is 10.5. The second-order valence-electron chi connectivity index (χ2n) is 6.99. The van der Waals surface area contributed by atoms with Crippen LogP contribution in [0.25, 0.3) is 0 Å². The monoisotopic (exact) mass is 586 g/mol. The van der Waals surface area contributed by atoms with Gasteiger partial charge in [0.25, 0.3) is 0 Å². The van der Waals surface area contributed by atoms with Gasteiger partial charge < -0.3 is 14.4 Å². The molecule has 0 aliphatic carbocycles. The number of methoxy groups -OCH3 is 1. The first-order chi connectivity index (χ1) is 15.2. The average Bonchev–Trinajstić information content (AvgIpc) is 3.15. The van der Waals surface area contributed by atoms with Crippen LogP contribution in [0.4, 0.5) is 10.5 Å². The largest absolute Gasteiger partial charge is 0.497 e. The fourth-order valence-electron chi connectivity index (χ4n) is 3.25. The molecule has 1 amide bonds. The number of rotatable bonds is 7. The van der Waals surface area contributed by atoms with Gasteiger partial charge in [0.1, 0.15) is 12.4 Å². The number of anilines is 1. The zero-order valence-electron chi connectivity index (χ0n) is 16.9. The number of nitrogens with one attached hydrogen (secondary N) is 2. The Morgan fingerprint density at radius 3 is 2.62 bits per heavy atom. The summed E-state index contributed by atoms with van der Waals surface area (Å²) in [6.45, 7) is 0.115. The summed E-state index contributed by atoms with van der Waals surface area (Å²) in [4.78, 5) is 13.6. The van der Waals surface area contributed by atoms with Crippen molar-refractivity contribution < 1.29 is 22.7 Å². The molecule has 2 aromatic carbocycles. The second-order valence-corrected chi connectivity index (χ2v) is 10.4. The van der Waals surface area contributed by atoms with E-state index in [2.05, 4.69) is 41.9 Å². The Labute approximate surface area is 203 Å². The standard InChI is InChI=1S/C20H20Br2N4O5S/c1-30-17-5-3-14(4-6-17)24-20(27)31-11-16-9-15(10-26(16)12-23)25-32(28,29)19-8-13(21)2-7-18(19)22/h2-8,15-16,25H,9-11H2,1H3,(H,24,27)/t15-,16-/m1/s1. The topological polar surface area (TPSA) is 121 Å². The number of sulfonamides is 1. The molecule has 0 aromatic heterocycles. The predicted octanol–water partition coefficient (Wildman–Crippen LogP) is 3.67. The van der Waals surface area contributed by atoms with E-state index >= 15 is 0 Å². The molecular weight excluding hydrogens is 568 g/mol. The molecule has 170 valence electrons. The van der Waals surface area contributed by atoms with Crippen molar-refractivity contribution in [2.24, 2.45) is 0 Å². The summed E-state index contributed by atoms with van der Waals surface area (Å²) in [5.41, 5.74) is 0.532. The number of hydrogen-bond acceptors (Lipinski definition) is 7. The first-order valence-electron chi connectivity index (χ1n) is 9.43. The molecule has 0 unspecified atom stereocenters. The molecule has 2 aromatic rings. The van der Waals surface area contributed by atoms with Crippen molar-refractivity contribution in [1.82, 2.24) is 9.62 Å². The van der Waals surface area contributed by atoms with Crippen LogP contribution in [0.2, 0.25) is 0 Å². The van der Waals surface area contributed by atoms with Crippen molar-refractivity contribution >= 4 is 53.7 Å². The maximum absolute atomic E-state index is 12.8. The van der Waals surface area contributed by atoms with Crippen molar-refractivity contribution in [3.63, 3.8) is 0 Å². The molecule has 32 heavy (non-hydrogen) atoms. The third-order valence-electron chi connectivity index (χ3n) is 4.79. The zero-order valence-corrected chi connectivity index (χ0v) is 20.9. The minimum absolute atomic E-state index is 0.0612. The lowest BCUT2D eigenvalue weighted by molar-refractivity contribution is 0.134. The number of carbonyl (C=O) groups is 1. The number of ether oxygens (including phenoxy) is 2. The van der Waals surface area contributed by atoms with Gasteiger partial charge in [-0.2, -0.15) is 5.26 Å². The first kappa shape index (κ1) is 24.3. The highest BCUT2D eigenvalue weighted by atomic mass is 79.9. The molecule has 1 saturated heterocycles. The van der Waals surface area contributed by atoms with E-state index in [0.717, 1.165) is 0 Å². The normalized spacial score (nSPS) is 18.1. The number of benzene rings is 2. The Morgan fingerprint density at radius 2 is 1.97 bits per heavy atom. The number of nitrogens with zero attached hydrogens (tertiary/aromatic N) is 2. The van der Waals surface area contributed by atoms with Crippen LogP contribution in [-0.2, 0) is 14.8 Å². The molecule has 0 bridgehead atoms. The van der Waals surface area contributed by atoms with Gasteiger partial charge >= 0.3 is 6.09 Å². The molecule has 1 aliphatic heterocycles. The van der Waals surface area contributed by atoms with Crippen molar-refractivity contribution in [1.29, 1.82) is 5.26 Å². The number of halogens is 2. The van der Waals surface area contributed by atoms with Gasteiger partial charge in [-0.05, 0) is 64.8 Å². The third kappa shape index (κ3) is 6.13. The van der Waals surface area contributed by atoms with Gasteiger partial charge in [0, 0.05) is 27.2 Å². The molecule has 1 fully saturated rings. The van der Waals surface area contributed by atoms with E-state index in [0.29, 0.717) is 26.8 Å². The van der Waals surface area contributed by atoms with Gasteiger partial charge in [-0.25, -0.2) is 17.9 Å². The fourth-order valence-corrected chi connectivity index (χ4v) is 5.99. The molecule has 12 heteroatoms. The van der Waals surface area contributed by atoms with Gasteiger partial charge in [0.05, 0.1) is 18.0 Å². The summed E-state index contributed by atoms with van der Waals surface area (Å²) in [6, 6.07) is 10.6. The average molecular weight is 588 g/mol. The van der Waals surface area contributed by atoms with Crippen molar-refractivity contribution in [3.05, 3.63) is 51.4 Å². The van der Waals surface area contributed by atoms with Gasteiger partial charge in [-0.1, -0.05) is 15.9 Å². The molecule has 0 saturated carbocycles. The number of amides is 1. The Bertz CT molecular complexity index is 1120. The van der Waals surface area contributed by atoms with Crippen LogP contribution in [0, 0.1) is 11.5 Å². The van der Waals surface area contributed by atoms with Crippen LogP contribution >= 0.6 is 31.9 Å². The zero-order chi connectivity index (χ0) is 23.3. The molecule has 1 heterocycles. The summed E-state index contributed by atoms with van der Waals surface area (Å²) in [6.07, 6.45) is 1.67. The van der Waals surface area contributed by atoms with Crippen molar-refractivity contribution in [2.75, 3.05) is 25.6 Å². The van der Waals surface area contributed by atoms with Crippen molar-refractivity contribution in [3.8, 4) is 11.9 Å². The van der Waals surface area contributed by atoms with E-state index in [-0.39, 0.29) is 18.0 Å². The number of hydrogen-bond donors (Lipinski definition) is 2. The molecule has 0 spiro atoms. The molecule has 2 atom stereocenters. The van der Waals surface area contributed by atoms with Gasteiger partial charge in [-0.3, -0.25) is 5.32 Å². The summed E-state index contributed by atoms with van der Waals surface area (Å²) in [7, 11) is -2.28. The van der Waals surface area contributed by atoms with Crippen LogP contribution in [0.5, 0.6) is 5.75 Å². The number of nitriles is 1. The highest BCUT2D eigenvalue weighted by molar-refractivity contribution is 9.11. The van der Waals surface area contributed by atoms with E-state index < -0.39 is 28.2 Å². The van der Waals surface area contributed by atoms with Crippen LogP contribution in [-0.4, -0.2) is 51.8 Å². The van der Waals surface area contributed by atoms with Crippen LogP contribution in [0.1, 0.15) is 6.42 Å². The summed E-state index contributed by atoms with van der Waals surface area (Å²) in [5.74, 6) is 0.655. The Morgan fingerprint density at radius 1 is 1.25 bits per heavy atom. The molecule has 2 N–H and O–H groups in total. The first-order valence-corrected chi connectivity index (χ1v) is 12.5. The Kier molecular flexibility index (Phi) is 8.00. The van der Waals surface area contributed by atoms with E-state index in [1.165, 1.54) is 11.0 Å². The van der Waals surface area contributed by atoms with Gasteiger partial charge in [-0.15, -0.1) is 0 Å². The number of likely N-dealkylation sites (tertiary alicyclic amines) is 1. The minimum Gasteiger partial charge on any atom is -0.497 e. The molecule has 3 rings (SSSR count). The van der Waals surface area contributed by atoms with Crippen molar-refractivity contribution in [2.45, 2.75) is 23.4 Å². The highest BCUT2D eigenvalue weighted by Crippen LogP contribution is 2.27. The maximum Gasteiger partial charge on any atom is 0.411 e. The quantitative estimate of drug-likeness (QED) is 0.474. The molecule has 0 radical (unpaired) electrons. The lowest BCUT2D eigenvalue weighted by atomic mass is 10.2. The van der Waals surface area contributed by atoms with Crippen LogP contribution < -0.4 is 14.8 Å². The maximum atomic E-state index is 12.8. The Balaban J connectivity index is 1.57. The SMILES string of the molecule is COc1ccc(NC(=O)OC[C@H]2C[C@@H](NS(=O)(=O)c3cc(Br)ccc3Br)CN2C#N)cc1. The van der Waals surface area contributed by atoms with E-state index in [1.807, 2.05) is 6.19 Å².